The van der Waals surface area contributed by atoms with Gasteiger partial charge in [-0.05, 0) is 47.7 Å². The smallest absolute Gasteiger partial charge is 0.0704 e. The lowest BCUT2D eigenvalue weighted by Gasteiger charge is -2.08. The molecule has 1 aromatic heterocycles. The Morgan fingerprint density at radius 2 is 1.57 bits per heavy atom. The topological polar surface area (TPSA) is 12.9 Å². The van der Waals surface area contributed by atoms with Gasteiger partial charge in [0.1, 0.15) is 0 Å². The van der Waals surface area contributed by atoms with Crippen molar-refractivity contribution in [2.24, 2.45) is 0 Å². The van der Waals surface area contributed by atoms with E-state index in [2.05, 4.69) is 80.0 Å². The summed E-state index contributed by atoms with van der Waals surface area (Å²) in [7, 11) is 0.603. The molecule has 0 radical (unpaired) electrons. The fourth-order valence-electron chi connectivity index (χ4n) is 2.42. The van der Waals surface area contributed by atoms with Crippen LogP contribution in [0.1, 0.15) is 16.7 Å². The zero-order valence-electron chi connectivity index (χ0n) is 13.5. The zero-order chi connectivity index (χ0) is 16.2. The molecular weight excluding hydrogens is 297 g/mol. The van der Waals surface area contributed by atoms with Gasteiger partial charge in [-0.15, -0.1) is 0 Å². The van der Waals surface area contributed by atoms with E-state index >= 15 is 0 Å². The second-order valence-corrected chi connectivity index (χ2v) is 7.20. The Kier molecular flexibility index (Phi) is 4.69. The minimum absolute atomic E-state index is 0.603. The molecule has 23 heavy (non-hydrogen) atoms. The molecule has 0 aliphatic heterocycles. The maximum Gasteiger partial charge on any atom is 0.0704 e. The summed E-state index contributed by atoms with van der Waals surface area (Å²) in [4.78, 5) is 4.44. The molecule has 0 amide bonds. The molecule has 3 aromatic rings. The van der Waals surface area contributed by atoms with Crippen molar-refractivity contribution in [3.05, 3.63) is 90.1 Å². The van der Waals surface area contributed by atoms with E-state index < -0.39 is 0 Å². The van der Waals surface area contributed by atoms with E-state index in [1.165, 1.54) is 22.0 Å². The number of aromatic nitrogens is 1. The van der Waals surface area contributed by atoms with Crippen molar-refractivity contribution in [2.45, 2.75) is 13.8 Å². The fourth-order valence-corrected chi connectivity index (χ4v) is 3.41. The molecule has 0 bridgehead atoms. The number of benzene rings is 2. The second kappa shape index (κ2) is 6.89. The van der Waals surface area contributed by atoms with Crippen LogP contribution in [0.4, 0.5) is 0 Å². The van der Waals surface area contributed by atoms with Crippen molar-refractivity contribution in [2.75, 3.05) is 0 Å². The largest absolute Gasteiger partial charge is 0.256 e. The minimum atomic E-state index is 0.603. The van der Waals surface area contributed by atoms with Crippen LogP contribution in [0.5, 0.6) is 0 Å². The van der Waals surface area contributed by atoms with E-state index in [-0.39, 0.29) is 0 Å². The third kappa shape index (κ3) is 3.94. The summed E-state index contributed by atoms with van der Waals surface area (Å²) in [6.07, 6.45) is 1.86. The molecule has 1 nitrogen and oxygen atoms in total. The summed E-state index contributed by atoms with van der Waals surface area (Å²) < 4.78 is 0. The van der Waals surface area contributed by atoms with Gasteiger partial charge in [-0.1, -0.05) is 69.3 Å². The maximum absolute atomic E-state index is 4.44. The normalized spacial score (nSPS) is 11.0. The Balaban J connectivity index is 1.76. The van der Waals surface area contributed by atoms with E-state index in [1.54, 1.807) is 0 Å². The molecule has 2 heteroatoms. The van der Waals surface area contributed by atoms with Gasteiger partial charge in [-0.2, -0.15) is 0 Å². The van der Waals surface area contributed by atoms with Gasteiger partial charge in [0.25, 0.3) is 0 Å². The van der Waals surface area contributed by atoms with Crippen LogP contribution in [0, 0.1) is 13.8 Å². The van der Waals surface area contributed by atoms with Crippen LogP contribution in [0.3, 0.4) is 0 Å². The van der Waals surface area contributed by atoms with E-state index in [0.717, 1.165) is 16.6 Å². The number of pyridine rings is 1. The van der Waals surface area contributed by atoms with Crippen LogP contribution in [0.25, 0.3) is 16.6 Å². The molecule has 0 aliphatic rings. The number of rotatable bonds is 4. The molecule has 1 unspecified atom stereocenters. The van der Waals surface area contributed by atoms with Crippen molar-refractivity contribution in [3.8, 4) is 11.3 Å². The molecule has 1 atom stereocenters. The van der Waals surface area contributed by atoms with Crippen molar-refractivity contribution < 1.29 is 0 Å². The Bertz CT molecular complexity index is 817. The lowest BCUT2D eigenvalue weighted by Crippen LogP contribution is -1.93. The molecule has 0 saturated heterocycles. The zero-order valence-corrected chi connectivity index (χ0v) is 14.5. The number of nitrogens with zero attached hydrogens (tertiary/aromatic N) is 1. The summed E-state index contributed by atoms with van der Waals surface area (Å²) in [5, 5.41) is 2.49. The fraction of sp³-hybridized carbons (Fsp3) is 0.0952. The molecule has 114 valence electrons. The quantitative estimate of drug-likeness (QED) is 0.592. The Morgan fingerprint density at radius 3 is 2.22 bits per heavy atom. The van der Waals surface area contributed by atoms with Gasteiger partial charge < -0.3 is 0 Å². The number of hydrogen-bond acceptors (Lipinski definition) is 1. The summed E-state index contributed by atoms with van der Waals surface area (Å²) in [6.45, 7) is 8.45. The average Bonchev–Trinajstić information content (AvgIpc) is 2.57. The van der Waals surface area contributed by atoms with Gasteiger partial charge in [0, 0.05) is 11.8 Å². The SMILES string of the molecule is C=C(Pc1ccc(C)cc1)c1ccc(-c2cc(C)ccn2)cc1. The van der Waals surface area contributed by atoms with Gasteiger partial charge in [0.15, 0.2) is 0 Å². The van der Waals surface area contributed by atoms with Crippen LogP contribution >= 0.6 is 8.58 Å². The predicted molar refractivity (Wildman–Crippen MR) is 103 cm³/mol. The molecular formula is C21H20NP. The molecule has 2 aromatic carbocycles. The monoisotopic (exact) mass is 317 g/mol. The molecule has 0 spiro atoms. The lowest BCUT2D eigenvalue weighted by molar-refractivity contribution is 1.29. The highest BCUT2D eigenvalue weighted by Gasteiger charge is 2.03. The van der Waals surface area contributed by atoms with Gasteiger partial charge >= 0.3 is 0 Å². The maximum atomic E-state index is 4.44. The number of aryl methyl sites for hydroxylation is 2. The number of hydrogen-bond donors (Lipinski definition) is 0. The first kappa shape index (κ1) is 15.6. The predicted octanol–water partition coefficient (Wildman–Crippen LogP) is 5.34. The van der Waals surface area contributed by atoms with Crippen molar-refractivity contribution in [3.63, 3.8) is 0 Å². The second-order valence-electron chi connectivity index (χ2n) is 5.77. The molecule has 3 rings (SSSR count). The van der Waals surface area contributed by atoms with Crippen molar-refractivity contribution >= 4 is 19.2 Å². The highest BCUT2D eigenvalue weighted by Crippen LogP contribution is 2.32. The summed E-state index contributed by atoms with van der Waals surface area (Å²) in [5.41, 5.74) is 5.87. The van der Waals surface area contributed by atoms with Crippen LogP contribution in [-0.2, 0) is 0 Å². The average molecular weight is 317 g/mol. The summed E-state index contributed by atoms with van der Waals surface area (Å²) in [5.74, 6) is 0. The van der Waals surface area contributed by atoms with Crippen LogP contribution in [0.2, 0.25) is 0 Å². The van der Waals surface area contributed by atoms with Crippen molar-refractivity contribution in [1.29, 1.82) is 0 Å². The Hall–Kier alpha value is -2.24. The third-order valence-electron chi connectivity index (χ3n) is 3.79. The molecule has 0 N–H and O–H groups in total. The highest BCUT2D eigenvalue weighted by atomic mass is 31.1. The van der Waals surface area contributed by atoms with E-state index in [1.807, 2.05) is 12.3 Å². The summed E-state index contributed by atoms with van der Waals surface area (Å²) >= 11 is 0. The molecule has 0 fully saturated rings. The summed E-state index contributed by atoms with van der Waals surface area (Å²) in [6, 6.07) is 21.3. The molecule has 1 heterocycles. The van der Waals surface area contributed by atoms with E-state index in [9.17, 15) is 0 Å². The van der Waals surface area contributed by atoms with E-state index in [0.29, 0.717) is 8.58 Å². The molecule has 0 saturated carbocycles. The van der Waals surface area contributed by atoms with E-state index in [4.69, 9.17) is 0 Å². The Labute approximate surface area is 139 Å². The van der Waals surface area contributed by atoms with Crippen LogP contribution < -0.4 is 5.30 Å². The lowest BCUT2D eigenvalue weighted by atomic mass is 10.1. The first-order valence-electron chi connectivity index (χ1n) is 7.68. The van der Waals surface area contributed by atoms with Crippen LogP contribution in [-0.4, -0.2) is 4.98 Å². The van der Waals surface area contributed by atoms with Gasteiger partial charge in [-0.25, -0.2) is 0 Å². The third-order valence-corrected chi connectivity index (χ3v) is 5.00. The molecule has 0 aliphatic carbocycles. The first-order valence-corrected chi connectivity index (χ1v) is 8.68. The minimum Gasteiger partial charge on any atom is -0.256 e. The first-order chi connectivity index (χ1) is 11.1. The van der Waals surface area contributed by atoms with Crippen molar-refractivity contribution in [1.82, 2.24) is 4.98 Å². The Morgan fingerprint density at radius 1 is 0.870 bits per heavy atom. The van der Waals surface area contributed by atoms with Gasteiger partial charge in [-0.3, -0.25) is 4.98 Å². The standard InChI is InChI=1S/C21H20NP/c1-15-4-10-20(11-5-15)23-17(3)18-6-8-19(9-7-18)21-14-16(2)12-13-22-21/h4-14,23H,3H2,1-2H3. The highest BCUT2D eigenvalue weighted by molar-refractivity contribution is 7.58. The van der Waals surface area contributed by atoms with Crippen LogP contribution in [0.15, 0.2) is 73.4 Å². The van der Waals surface area contributed by atoms with Gasteiger partial charge in [0.2, 0.25) is 0 Å². The van der Waals surface area contributed by atoms with Gasteiger partial charge in [0.05, 0.1) is 5.69 Å².